The number of carbonyl (C=O) groups excluding carboxylic acids is 1. The first-order chi connectivity index (χ1) is 12.9. The molecule has 0 saturated carbocycles. The van der Waals surface area contributed by atoms with Crippen molar-refractivity contribution in [2.45, 2.75) is 38.8 Å². The standard InChI is InChI=1S/C20H33N5O2/c1-6-15(2)22-20(21-13-19(26)24(3)4)23-16-11-12-25(14-16)17-9-7-8-10-18(17)27-5/h7-10,15-16H,6,11-14H2,1-5H3,(H2,21,22,23). The highest BCUT2D eigenvalue weighted by Gasteiger charge is 2.25. The number of nitrogens with one attached hydrogen (secondary N) is 2. The molecule has 27 heavy (non-hydrogen) atoms. The summed E-state index contributed by atoms with van der Waals surface area (Å²) in [6.07, 6.45) is 1.99. The summed E-state index contributed by atoms with van der Waals surface area (Å²) < 4.78 is 5.49. The van der Waals surface area contributed by atoms with Gasteiger partial charge in [0, 0.05) is 39.3 Å². The van der Waals surface area contributed by atoms with Crippen LogP contribution in [0.1, 0.15) is 26.7 Å². The summed E-state index contributed by atoms with van der Waals surface area (Å²) in [6, 6.07) is 8.64. The van der Waals surface area contributed by atoms with Crippen LogP contribution in [0.25, 0.3) is 0 Å². The fourth-order valence-electron chi connectivity index (χ4n) is 2.94. The van der Waals surface area contributed by atoms with Crippen LogP contribution in [0.15, 0.2) is 29.3 Å². The monoisotopic (exact) mass is 375 g/mol. The Labute approximate surface area is 162 Å². The van der Waals surface area contributed by atoms with Gasteiger partial charge < -0.3 is 25.2 Å². The lowest BCUT2D eigenvalue weighted by Crippen LogP contribution is -2.48. The number of methoxy groups -OCH3 is 1. The van der Waals surface area contributed by atoms with Gasteiger partial charge in [0.15, 0.2) is 5.96 Å². The smallest absolute Gasteiger partial charge is 0.243 e. The summed E-state index contributed by atoms with van der Waals surface area (Å²) >= 11 is 0. The fraction of sp³-hybridized carbons (Fsp3) is 0.600. The zero-order valence-corrected chi connectivity index (χ0v) is 17.2. The second kappa shape index (κ2) is 10.0. The Kier molecular flexibility index (Phi) is 7.76. The molecule has 1 fully saturated rings. The SMILES string of the molecule is CCC(C)NC(=NCC(=O)N(C)C)NC1CCN(c2ccccc2OC)C1. The number of anilines is 1. The van der Waals surface area contributed by atoms with E-state index in [0.29, 0.717) is 5.96 Å². The van der Waals surface area contributed by atoms with Gasteiger partial charge >= 0.3 is 0 Å². The normalized spacial score (nSPS) is 18.2. The summed E-state index contributed by atoms with van der Waals surface area (Å²) in [5, 5.41) is 6.89. The van der Waals surface area contributed by atoms with Gasteiger partial charge in [0.1, 0.15) is 12.3 Å². The van der Waals surface area contributed by atoms with E-state index in [1.165, 1.54) is 0 Å². The molecule has 1 aliphatic heterocycles. The largest absolute Gasteiger partial charge is 0.495 e. The molecule has 2 rings (SSSR count). The number of benzene rings is 1. The van der Waals surface area contributed by atoms with Crippen molar-refractivity contribution >= 4 is 17.6 Å². The molecule has 2 atom stereocenters. The minimum absolute atomic E-state index is 0.0117. The molecule has 1 aliphatic rings. The van der Waals surface area contributed by atoms with E-state index in [9.17, 15) is 4.79 Å². The molecule has 0 aromatic heterocycles. The van der Waals surface area contributed by atoms with Gasteiger partial charge in [0.05, 0.1) is 12.8 Å². The maximum Gasteiger partial charge on any atom is 0.243 e. The van der Waals surface area contributed by atoms with Gasteiger partial charge in [0.25, 0.3) is 0 Å². The average Bonchev–Trinajstić information content (AvgIpc) is 3.13. The van der Waals surface area contributed by atoms with E-state index in [4.69, 9.17) is 4.74 Å². The number of hydrogen-bond donors (Lipinski definition) is 2. The first-order valence-electron chi connectivity index (χ1n) is 9.60. The number of likely N-dealkylation sites (N-methyl/N-ethyl adjacent to an activating group) is 1. The minimum Gasteiger partial charge on any atom is -0.495 e. The molecule has 7 heteroatoms. The molecule has 1 aromatic rings. The van der Waals surface area contributed by atoms with Crippen molar-refractivity contribution in [3.05, 3.63) is 24.3 Å². The third kappa shape index (κ3) is 6.05. The Morgan fingerprint density at radius 3 is 2.81 bits per heavy atom. The van der Waals surface area contributed by atoms with E-state index in [1.807, 2.05) is 18.2 Å². The third-order valence-electron chi connectivity index (χ3n) is 4.82. The highest BCUT2D eigenvalue weighted by atomic mass is 16.5. The topological polar surface area (TPSA) is 69.2 Å². The highest BCUT2D eigenvalue weighted by Crippen LogP contribution is 2.30. The molecule has 1 heterocycles. The molecule has 2 N–H and O–H groups in total. The van der Waals surface area contributed by atoms with Crippen molar-refractivity contribution in [3.8, 4) is 5.75 Å². The van der Waals surface area contributed by atoms with E-state index in [0.717, 1.165) is 37.4 Å². The van der Waals surface area contributed by atoms with Crippen LogP contribution in [-0.2, 0) is 4.79 Å². The number of para-hydroxylation sites is 2. The van der Waals surface area contributed by atoms with E-state index >= 15 is 0 Å². The second-order valence-corrected chi connectivity index (χ2v) is 7.15. The van der Waals surface area contributed by atoms with Gasteiger partial charge in [-0.1, -0.05) is 19.1 Å². The highest BCUT2D eigenvalue weighted by molar-refractivity contribution is 5.85. The first-order valence-corrected chi connectivity index (χ1v) is 9.60. The Morgan fingerprint density at radius 2 is 2.15 bits per heavy atom. The van der Waals surface area contributed by atoms with Crippen LogP contribution < -0.4 is 20.3 Å². The Morgan fingerprint density at radius 1 is 1.41 bits per heavy atom. The quantitative estimate of drug-likeness (QED) is 0.561. The van der Waals surface area contributed by atoms with Gasteiger partial charge in [-0.25, -0.2) is 4.99 Å². The predicted octanol–water partition coefficient (Wildman–Crippen LogP) is 1.70. The van der Waals surface area contributed by atoms with Crippen molar-refractivity contribution in [2.24, 2.45) is 4.99 Å². The maximum absolute atomic E-state index is 11.9. The molecule has 7 nitrogen and oxygen atoms in total. The molecule has 150 valence electrons. The van der Waals surface area contributed by atoms with Crippen LogP contribution in [0.3, 0.4) is 0 Å². The van der Waals surface area contributed by atoms with E-state index in [2.05, 4.69) is 40.4 Å². The molecule has 0 radical (unpaired) electrons. The van der Waals surface area contributed by atoms with Crippen LogP contribution in [0.5, 0.6) is 5.75 Å². The van der Waals surface area contributed by atoms with Gasteiger partial charge in [-0.2, -0.15) is 0 Å². The van der Waals surface area contributed by atoms with Crippen molar-refractivity contribution in [1.82, 2.24) is 15.5 Å². The van der Waals surface area contributed by atoms with Gasteiger partial charge in [-0.15, -0.1) is 0 Å². The number of ether oxygens (including phenoxy) is 1. The molecule has 1 saturated heterocycles. The second-order valence-electron chi connectivity index (χ2n) is 7.15. The van der Waals surface area contributed by atoms with Crippen molar-refractivity contribution < 1.29 is 9.53 Å². The third-order valence-corrected chi connectivity index (χ3v) is 4.82. The van der Waals surface area contributed by atoms with Gasteiger partial charge in [0.2, 0.25) is 5.91 Å². The summed E-state index contributed by atoms with van der Waals surface area (Å²) in [5.74, 6) is 1.58. The molecular weight excluding hydrogens is 342 g/mol. The minimum atomic E-state index is -0.0117. The lowest BCUT2D eigenvalue weighted by atomic mass is 10.2. The molecule has 0 bridgehead atoms. The molecule has 0 aliphatic carbocycles. The Balaban J connectivity index is 2.02. The lowest BCUT2D eigenvalue weighted by molar-refractivity contribution is -0.127. The Bertz CT molecular complexity index is 647. The molecule has 1 amide bonds. The number of aliphatic imine (C=N–C) groups is 1. The zero-order chi connectivity index (χ0) is 19.8. The van der Waals surface area contributed by atoms with E-state index < -0.39 is 0 Å². The summed E-state index contributed by atoms with van der Waals surface area (Å²) in [5.41, 5.74) is 1.11. The lowest BCUT2D eigenvalue weighted by Gasteiger charge is -2.23. The predicted molar refractivity (Wildman–Crippen MR) is 111 cm³/mol. The molecule has 2 unspecified atom stereocenters. The fourth-order valence-corrected chi connectivity index (χ4v) is 2.94. The van der Waals surface area contributed by atoms with Crippen LogP contribution >= 0.6 is 0 Å². The van der Waals surface area contributed by atoms with Crippen molar-refractivity contribution in [2.75, 3.05) is 45.7 Å². The number of amides is 1. The number of carbonyl (C=O) groups is 1. The summed E-state index contributed by atoms with van der Waals surface area (Å²) in [6.45, 7) is 6.19. The molecule has 0 spiro atoms. The van der Waals surface area contributed by atoms with Crippen LogP contribution in [-0.4, -0.2) is 69.7 Å². The number of guanidine groups is 1. The van der Waals surface area contributed by atoms with Gasteiger partial charge in [-0.05, 0) is 31.9 Å². The van der Waals surface area contributed by atoms with Crippen molar-refractivity contribution in [1.29, 1.82) is 0 Å². The van der Waals surface area contributed by atoms with Crippen LogP contribution in [0, 0.1) is 0 Å². The van der Waals surface area contributed by atoms with Gasteiger partial charge in [-0.3, -0.25) is 4.79 Å². The maximum atomic E-state index is 11.9. The zero-order valence-electron chi connectivity index (χ0n) is 17.2. The van der Waals surface area contributed by atoms with Crippen molar-refractivity contribution in [3.63, 3.8) is 0 Å². The molecule has 1 aromatic carbocycles. The molecular formula is C20H33N5O2. The number of rotatable bonds is 7. The summed E-state index contributed by atoms with van der Waals surface area (Å²) in [7, 11) is 5.19. The number of nitrogens with zero attached hydrogens (tertiary/aromatic N) is 3. The average molecular weight is 376 g/mol. The summed E-state index contributed by atoms with van der Waals surface area (Å²) in [4.78, 5) is 20.3. The van der Waals surface area contributed by atoms with E-state index in [1.54, 1.807) is 26.1 Å². The Hall–Kier alpha value is -2.44. The first kappa shape index (κ1) is 20.9. The van der Waals surface area contributed by atoms with E-state index in [-0.39, 0.29) is 24.5 Å². The van der Waals surface area contributed by atoms with Crippen LogP contribution in [0.2, 0.25) is 0 Å². The number of hydrogen-bond acceptors (Lipinski definition) is 4. The van der Waals surface area contributed by atoms with Crippen LogP contribution in [0.4, 0.5) is 5.69 Å².